The standard InChI is InChI=1S/C24H28FNO3/c1-3-13-29-23-17(7-6-10-22(23)28-2)16-26-18-11-12-19(26)15-24(27,14-18)20-8-4-5-9-21(20)25/h3-10,18-19,27H,1,11-16H2,2H3/t18-,19-/m1/s1. The first-order valence-electron chi connectivity index (χ1n) is 10.2. The van der Waals surface area contributed by atoms with Crippen molar-refractivity contribution in [3.63, 3.8) is 0 Å². The average molecular weight is 397 g/mol. The highest BCUT2D eigenvalue weighted by molar-refractivity contribution is 5.47. The Morgan fingerprint density at radius 2 is 1.90 bits per heavy atom. The minimum Gasteiger partial charge on any atom is -0.493 e. The number of aliphatic hydroxyl groups is 1. The highest BCUT2D eigenvalue weighted by atomic mass is 19.1. The highest BCUT2D eigenvalue weighted by Gasteiger charge is 2.49. The molecule has 0 spiro atoms. The van der Waals surface area contributed by atoms with Gasteiger partial charge < -0.3 is 14.6 Å². The Kier molecular flexibility index (Phi) is 5.61. The van der Waals surface area contributed by atoms with Crippen molar-refractivity contribution in [3.05, 3.63) is 72.1 Å². The lowest BCUT2D eigenvalue weighted by atomic mass is 9.80. The van der Waals surface area contributed by atoms with Gasteiger partial charge in [0.1, 0.15) is 12.4 Å². The fraction of sp³-hybridized carbons (Fsp3) is 0.417. The number of methoxy groups -OCH3 is 1. The zero-order valence-corrected chi connectivity index (χ0v) is 16.8. The van der Waals surface area contributed by atoms with E-state index in [0.717, 1.165) is 24.2 Å². The second-order valence-corrected chi connectivity index (χ2v) is 8.03. The van der Waals surface area contributed by atoms with Crippen LogP contribution in [0.3, 0.4) is 0 Å². The Labute approximate surface area is 171 Å². The summed E-state index contributed by atoms with van der Waals surface area (Å²) in [4.78, 5) is 2.44. The van der Waals surface area contributed by atoms with Crippen molar-refractivity contribution in [2.24, 2.45) is 0 Å². The molecule has 4 rings (SSSR count). The van der Waals surface area contributed by atoms with Crippen LogP contribution in [0.2, 0.25) is 0 Å². The number of hydrogen-bond donors (Lipinski definition) is 1. The van der Waals surface area contributed by atoms with Crippen LogP contribution in [0, 0.1) is 5.82 Å². The van der Waals surface area contributed by atoms with Crippen molar-refractivity contribution in [2.75, 3.05) is 13.7 Å². The van der Waals surface area contributed by atoms with Gasteiger partial charge in [-0.15, -0.1) is 0 Å². The van der Waals surface area contributed by atoms with E-state index in [1.165, 1.54) is 6.07 Å². The first kappa shape index (κ1) is 19.9. The molecule has 2 fully saturated rings. The Morgan fingerprint density at radius 3 is 2.55 bits per heavy atom. The van der Waals surface area contributed by atoms with Gasteiger partial charge in [0, 0.05) is 29.8 Å². The van der Waals surface area contributed by atoms with Crippen molar-refractivity contribution >= 4 is 0 Å². The van der Waals surface area contributed by atoms with Crippen LogP contribution in [0.25, 0.3) is 0 Å². The second kappa shape index (κ2) is 8.17. The molecule has 2 heterocycles. The van der Waals surface area contributed by atoms with E-state index in [2.05, 4.69) is 17.5 Å². The molecule has 2 aromatic rings. The summed E-state index contributed by atoms with van der Waals surface area (Å²) in [6, 6.07) is 12.9. The highest BCUT2D eigenvalue weighted by Crippen LogP contribution is 2.47. The van der Waals surface area contributed by atoms with E-state index in [4.69, 9.17) is 9.47 Å². The molecular weight excluding hydrogens is 369 g/mol. The van der Waals surface area contributed by atoms with E-state index in [0.29, 0.717) is 37.3 Å². The number of para-hydroxylation sites is 1. The summed E-state index contributed by atoms with van der Waals surface area (Å²) in [5.41, 5.74) is 0.372. The van der Waals surface area contributed by atoms with Gasteiger partial charge in [-0.1, -0.05) is 43.0 Å². The molecule has 5 heteroatoms. The molecule has 2 atom stereocenters. The van der Waals surface area contributed by atoms with Gasteiger partial charge in [0.15, 0.2) is 11.5 Å². The summed E-state index contributed by atoms with van der Waals surface area (Å²) in [6.45, 7) is 4.85. The molecular formula is C24H28FNO3. The molecule has 2 aliphatic rings. The lowest BCUT2D eigenvalue weighted by Crippen LogP contribution is -2.49. The normalized spacial score (nSPS) is 26.3. The molecule has 29 heavy (non-hydrogen) atoms. The Morgan fingerprint density at radius 1 is 1.17 bits per heavy atom. The number of fused-ring (bicyclic) bond motifs is 2. The summed E-state index contributed by atoms with van der Waals surface area (Å²) in [5.74, 6) is 1.12. The molecule has 0 unspecified atom stereocenters. The van der Waals surface area contributed by atoms with Gasteiger partial charge in [-0.05, 0) is 37.8 Å². The molecule has 0 aromatic heterocycles. The molecule has 0 amide bonds. The van der Waals surface area contributed by atoms with Crippen LogP contribution in [0.1, 0.15) is 36.8 Å². The van der Waals surface area contributed by atoms with Crippen molar-refractivity contribution < 1.29 is 19.0 Å². The van der Waals surface area contributed by atoms with Gasteiger partial charge in [-0.25, -0.2) is 4.39 Å². The quantitative estimate of drug-likeness (QED) is 0.703. The minimum absolute atomic E-state index is 0.205. The van der Waals surface area contributed by atoms with E-state index in [1.807, 2.05) is 12.1 Å². The lowest BCUT2D eigenvalue weighted by molar-refractivity contribution is -0.0617. The van der Waals surface area contributed by atoms with Gasteiger partial charge >= 0.3 is 0 Å². The molecule has 1 N–H and O–H groups in total. The third-order valence-corrected chi connectivity index (χ3v) is 6.27. The SMILES string of the molecule is C=CCOc1c(CN2[C@@H]3CC[C@@H]2CC(O)(c2ccccc2F)C3)cccc1OC. The average Bonchev–Trinajstić information content (AvgIpc) is 2.96. The van der Waals surface area contributed by atoms with E-state index in [1.54, 1.807) is 31.4 Å². The molecule has 2 aliphatic heterocycles. The fourth-order valence-electron chi connectivity index (χ4n) is 4.98. The molecule has 2 saturated heterocycles. The molecule has 2 aromatic carbocycles. The summed E-state index contributed by atoms with van der Waals surface area (Å²) in [6.07, 6.45) is 4.81. The Bertz CT molecular complexity index is 870. The zero-order valence-electron chi connectivity index (χ0n) is 16.8. The third-order valence-electron chi connectivity index (χ3n) is 6.27. The topological polar surface area (TPSA) is 41.9 Å². The Hall–Kier alpha value is -2.37. The van der Waals surface area contributed by atoms with Crippen LogP contribution < -0.4 is 9.47 Å². The second-order valence-electron chi connectivity index (χ2n) is 8.03. The summed E-state index contributed by atoms with van der Waals surface area (Å²) in [7, 11) is 1.64. The summed E-state index contributed by atoms with van der Waals surface area (Å²) in [5, 5.41) is 11.3. The maximum Gasteiger partial charge on any atom is 0.166 e. The smallest absolute Gasteiger partial charge is 0.166 e. The van der Waals surface area contributed by atoms with Crippen molar-refractivity contribution in [2.45, 2.75) is 49.9 Å². The third kappa shape index (κ3) is 3.77. The molecule has 2 bridgehead atoms. The first-order valence-corrected chi connectivity index (χ1v) is 10.2. The summed E-state index contributed by atoms with van der Waals surface area (Å²) < 4.78 is 25.8. The molecule has 0 saturated carbocycles. The maximum atomic E-state index is 14.4. The van der Waals surface area contributed by atoms with E-state index in [9.17, 15) is 9.50 Å². The van der Waals surface area contributed by atoms with Crippen LogP contribution in [0.15, 0.2) is 55.1 Å². The van der Waals surface area contributed by atoms with Gasteiger partial charge in [-0.3, -0.25) is 4.90 Å². The maximum absolute atomic E-state index is 14.4. The molecule has 0 radical (unpaired) electrons. The largest absolute Gasteiger partial charge is 0.493 e. The molecule has 4 nitrogen and oxygen atoms in total. The van der Waals surface area contributed by atoms with Gasteiger partial charge in [-0.2, -0.15) is 0 Å². The van der Waals surface area contributed by atoms with Crippen LogP contribution >= 0.6 is 0 Å². The number of halogens is 1. The molecule has 154 valence electrons. The molecule has 0 aliphatic carbocycles. The number of piperidine rings is 1. The predicted octanol–water partition coefficient (Wildman–Crippen LogP) is 4.41. The van der Waals surface area contributed by atoms with Crippen molar-refractivity contribution in [1.29, 1.82) is 0 Å². The van der Waals surface area contributed by atoms with Gasteiger partial charge in [0.05, 0.1) is 12.7 Å². The zero-order chi connectivity index (χ0) is 20.4. The van der Waals surface area contributed by atoms with Crippen LogP contribution in [-0.2, 0) is 12.1 Å². The summed E-state index contributed by atoms with van der Waals surface area (Å²) >= 11 is 0. The van der Waals surface area contributed by atoms with Gasteiger partial charge in [0.25, 0.3) is 0 Å². The van der Waals surface area contributed by atoms with E-state index >= 15 is 0 Å². The van der Waals surface area contributed by atoms with Crippen LogP contribution in [-0.4, -0.2) is 35.8 Å². The van der Waals surface area contributed by atoms with Crippen molar-refractivity contribution in [1.82, 2.24) is 4.90 Å². The Balaban J connectivity index is 1.57. The predicted molar refractivity (Wildman–Crippen MR) is 111 cm³/mol. The first-order chi connectivity index (χ1) is 14.1. The van der Waals surface area contributed by atoms with Crippen LogP contribution in [0.5, 0.6) is 11.5 Å². The van der Waals surface area contributed by atoms with Crippen LogP contribution in [0.4, 0.5) is 4.39 Å². The number of ether oxygens (including phenoxy) is 2. The van der Waals surface area contributed by atoms with E-state index in [-0.39, 0.29) is 17.9 Å². The fourth-order valence-corrected chi connectivity index (χ4v) is 4.98. The van der Waals surface area contributed by atoms with Crippen molar-refractivity contribution in [3.8, 4) is 11.5 Å². The van der Waals surface area contributed by atoms with Gasteiger partial charge in [0.2, 0.25) is 0 Å². The number of hydrogen-bond acceptors (Lipinski definition) is 4. The lowest BCUT2D eigenvalue weighted by Gasteiger charge is -2.44. The monoisotopic (exact) mass is 397 g/mol. The number of rotatable bonds is 7. The number of benzene rings is 2. The van der Waals surface area contributed by atoms with E-state index < -0.39 is 5.60 Å². The minimum atomic E-state index is -1.11. The number of nitrogens with zero attached hydrogens (tertiary/aromatic N) is 1.